The van der Waals surface area contributed by atoms with Crippen LogP contribution in [0.4, 0.5) is 5.82 Å². The molecule has 0 bridgehead atoms. The lowest BCUT2D eigenvalue weighted by Gasteiger charge is -2.29. The molecule has 1 aromatic heterocycles. The van der Waals surface area contributed by atoms with Crippen molar-refractivity contribution in [1.82, 2.24) is 4.98 Å². The number of anilines is 1. The summed E-state index contributed by atoms with van der Waals surface area (Å²) < 4.78 is 5.38. The molecule has 1 aliphatic rings. The summed E-state index contributed by atoms with van der Waals surface area (Å²) in [7, 11) is 2.02. The first-order valence-electron chi connectivity index (χ1n) is 6.69. The quantitative estimate of drug-likeness (QED) is 0.637. The Labute approximate surface area is 114 Å². The molecule has 1 aliphatic heterocycles. The first-order chi connectivity index (χ1) is 9.08. The van der Waals surface area contributed by atoms with E-state index in [0.29, 0.717) is 11.5 Å². The molecule has 0 spiro atoms. The Hall–Kier alpha value is -1.62. The van der Waals surface area contributed by atoms with Gasteiger partial charge in [0.2, 0.25) is 0 Å². The Morgan fingerprint density at radius 1 is 1.47 bits per heavy atom. The number of nitrogens with two attached hydrogens (primary N) is 1. The molecular weight excluding hydrogens is 240 g/mol. The molecule has 2 rings (SSSR count). The summed E-state index contributed by atoms with van der Waals surface area (Å²) in [6.45, 7) is 4.58. The Morgan fingerprint density at radius 3 is 2.79 bits per heavy atom. The van der Waals surface area contributed by atoms with Crippen LogP contribution >= 0.6 is 0 Å². The van der Waals surface area contributed by atoms with Crippen LogP contribution in [-0.2, 0) is 4.74 Å². The molecule has 0 radical (unpaired) electrons. The summed E-state index contributed by atoms with van der Waals surface area (Å²) in [5.41, 5.74) is 7.28. The Balaban J connectivity index is 2.14. The summed E-state index contributed by atoms with van der Waals surface area (Å²) in [5, 5.41) is 7.65. The van der Waals surface area contributed by atoms with Crippen LogP contribution in [0, 0.1) is 18.3 Å². The van der Waals surface area contributed by atoms with E-state index in [1.165, 1.54) is 0 Å². The number of ether oxygens (including phenoxy) is 1. The number of pyridine rings is 1. The summed E-state index contributed by atoms with van der Waals surface area (Å²) >= 11 is 0. The SMILES string of the molecule is Cc1ccc(C(=N)N)c(N(C)CC2CCOCC2)n1. The van der Waals surface area contributed by atoms with Gasteiger partial charge in [-0.15, -0.1) is 0 Å². The maximum Gasteiger partial charge on any atom is 0.139 e. The van der Waals surface area contributed by atoms with Gasteiger partial charge < -0.3 is 15.4 Å². The fourth-order valence-electron chi connectivity index (χ4n) is 2.45. The number of nitrogens with zero attached hydrogens (tertiary/aromatic N) is 2. The number of nitrogens with one attached hydrogen (secondary N) is 1. The van der Waals surface area contributed by atoms with Crippen molar-refractivity contribution < 1.29 is 4.74 Å². The monoisotopic (exact) mass is 262 g/mol. The molecule has 0 aromatic carbocycles. The summed E-state index contributed by atoms with van der Waals surface area (Å²) in [6.07, 6.45) is 2.18. The fourth-order valence-corrected chi connectivity index (χ4v) is 2.45. The third-order valence-corrected chi connectivity index (χ3v) is 3.54. The highest BCUT2D eigenvalue weighted by Gasteiger charge is 2.19. The number of hydrogen-bond donors (Lipinski definition) is 2. The lowest BCUT2D eigenvalue weighted by molar-refractivity contribution is 0.0685. The summed E-state index contributed by atoms with van der Waals surface area (Å²) in [5.74, 6) is 1.50. The molecule has 3 N–H and O–H groups in total. The molecule has 0 amide bonds. The third-order valence-electron chi connectivity index (χ3n) is 3.54. The van der Waals surface area contributed by atoms with Crippen LogP contribution in [0.1, 0.15) is 24.1 Å². The van der Waals surface area contributed by atoms with Gasteiger partial charge >= 0.3 is 0 Å². The zero-order valence-electron chi connectivity index (χ0n) is 11.6. The van der Waals surface area contributed by atoms with E-state index in [1.54, 1.807) is 0 Å². The molecule has 19 heavy (non-hydrogen) atoms. The maximum absolute atomic E-state index is 7.65. The van der Waals surface area contributed by atoms with Crippen molar-refractivity contribution in [3.63, 3.8) is 0 Å². The largest absolute Gasteiger partial charge is 0.384 e. The van der Waals surface area contributed by atoms with Crippen LogP contribution in [0.3, 0.4) is 0 Å². The van der Waals surface area contributed by atoms with Gasteiger partial charge in [0.15, 0.2) is 0 Å². The number of hydrogen-bond acceptors (Lipinski definition) is 4. The number of aryl methyl sites for hydroxylation is 1. The molecule has 0 aliphatic carbocycles. The molecule has 104 valence electrons. The van der Waals surface area contributed by atoms with Gasteiger partial charge in [-0.2, -0.15) is 0 Å². The van der Waals surface area contributed by atoms with Crippen LogP contribution in [0.25, 0.3) is 0 Å². The van der Waals surface area contributed by atoms with Gasteiger partial charge in [0.05, 0.1) is 5.56 Å². The van der Waals surface area contributed by atoms with Crippen molar-refractivity contribution in [3.05, 3.63) is 23.4 Å². The minimum Gasteiger partial charge on any atom is -0.384 e. The number of aromatic nitrogens is 1. The smallest absolute Gasteiger partial charge is 0.139 e. The van der Waals surface area contributed by atoms with E-state index in [1.807, 2.05) is 26.1 Å². The minimum atomic E-state index is 0.0707. The molecule has 2 heterocycles. The fraction of sp³-hybridized carbons (Fsp3) is 0.571. The van der Waals surface area contributed by atoms with Crippen LogP contribution in [-0.4, -0.2) is 37.6 Å². The first kappa shape index (κ1) is 13.8. The van der Waals surface area contributed by atoms with E-state index < -0.39 is 0 Å². The van der Waals surface area contributed by atoms with Crippen molar-refractivity contribution in [3.8, 4) is 0 Å². The predicted octanol–water partition coefficient (Wildman–Crippen LogP) is 1.54. The van der Waals surface area contributed by atoms with Crippen molar-refractivity contribution >= 4 is 11.7 Å². The predicted molar refractivity (Wildman–Crippen MR) is 76.8 cm³/mol. The molecule has 0 saturated carbocycles. The number of amidine groups is 1. The van der Waals surface area contributed by atoms with E-state index >= 15 is 0 Å². The average molecular weight is 262 g/mol. The molecule has 5 nitrogen and oxygen atoms in total. The highest BCUT2D eigenvalue weighted by atomic mass is 16.5. The van der Waals surface area contributed by atoms with Gasteiger partial charge in [-0.1, -0.05) is 0 Å². The maximum atomic E-state index is 7.65. The van der Waals surface area contributed by atoms with E-state index in [-0.39, 0.29) is 5.84 Å². The van der Waals surface area contributed by atoms with Crippen molar-refractivity contribution in [2.45, 2.75) is 19.8 Å². The van der Waals surface area contributed by atoms with Gasteiger partial charge in [0.25, 0.3) is 0 Å². The van der Waals surface area contributed by atoms with Crippen molar-refractivity contribution in [2.75, 3.05) is 31.7 Å². The third kappa shape index (κ3) is 3.44. The Bertz CT molecular complexity index is 455. The molecule has 1 fully saturated rings. The molecule has 0 unspecified atom stereocenters. The number of rotatable bonds is 4. The lowest BCUT2D eigenvalue weighted by atomic mass is 9.99. The van der Waals surface area contributed by atoms with Crippen LogP contribution < -0.4 is 10.6 Å². The van der Waals surface area contributed by atoms with Crippen molar-refractivity contribution in [1.29, 1.82) is 5.41 Å². The van der Waals surface area contributed by atoms with E-state index in [9.17, 15) is 0 Å². The highest BCUT2D eigenvalue weighted by molar-refractivity contribution is 5.99. The topological polar surface area (TPSA) is 75.2 Å². The van der Waals surface area contributed by atoms with Gasteiger partial charge in [0, 0.05) is 32.5 Å². The highest BCUT2D eigenvalue weighted by Crippen LogP contribution is 2.21. The van der Waals surface area contributed by atoms with Gasteiger partial charge in [-0.25, -0.2) is 4.98 Å². The Morgan fingerprint density at radius 2 is 2.16 bits per heavy atom. The zero-order valence-corrected chi connectivity index (χ0v) is 11.6. The average Bonchev–Trinajstić information content (AvgIpc) is 2.39. The van der Waals surface area contributed by atoms with E-state index in [2.05, 4.69) is 9.88 Å². The van der Waals surface area contributed by atoms with Crippen molar-refractivity contribution in [2.24, 2.45) is 11.7 Å². The normalized spacial score (nSPS) is 16.3. The Kier molecular flexibility index (Phi) is 4.37. The number of nitrogen functional groups attached to an aromatic ring is 1. The molecule has 1 saturated heterocycles. The second-order valence-electron chi connectivity index (χ2n) is 5.17. The summed E-state index contributed by atoms with van der Waals surface area (Å²) in [6, 6.07) is 3.77. The molecule has 5 heteroatoms. The van der Waals surface area contributed by atoms with Crippen LogP contribution in [0.5, 0.6) is 0 Å². The van der Waals surface area contributed by atoms with Gasteiger partial charge in [-0.05, 0) is 37.8 Å². The molecular formula is C14H22N4O. The van der Waals surface area contributed by atoms with Crippen LogP contribution in [0.15, 0.2) is 12.1 Å². The second kappa shape index (κ2) is 6.02. The lowest BCUT2D eigenvalue weighted by Crippen LogP contribution is -2.31. The zero-order chi connectivity index (χ0) is 13.8. The van der Waals surface area contributed by atoms with E-state index in [4.69, 9.17) is 15.9 Å². The molecule has 1 aromatic rings. The van der Waals surface area contributed by atoms with Gasteiger partial charge in [0.1, 0.15) is 11.7 Å². The molecule has 0 atom stereocenters. The van der Waals surface area contributed by atoms with Gasteiger partial charge in [-0.3, -0.25) is 5.41 Å². The second-order valence-corrected chi connectivity index (χ2v) is 5.17. The van der Waals surface area contributed by atoms with Crippen LogP contribution in [0.2, 0.25) is 0 Å². The van der Waals surface area contributed by atoms with E-state index in [0.717, 1.165) is 44.1 Å². The standard InChI is InChI=1S/C14H22N4O/c1-10-3-4-12(13(15)16)14(17-10)18(2)9-11-5-7-19-8-6-11/h3-4,11H,5-9H2,1-2H3,(H3,15,16). The first-order valence-corrected chi connectivity index (χ1v) is 6.69. The summed E-state index contributed by atoms with van der Waals surface area (Å²) in [4.78, 5) is 6.64. The minimum absolute atomic E-state index is 0.0707.